The highest BCUT2D eigenvalue weighted by atomic mass is 19.2. The Hall–Kier alpha value is -4.62. The van der Waals surface area contributed by atoms with Crippen molar-refractivity contribution in [2.75, 3.05) is 51.7 Å². The van der Waals surface area contributed by atoms with Gasteiger partial charge >= 0.3 is 0 Å². The maximum atomic E-state index is 14.8. The molecule has 2 saturated heterocycles. The summed E-state index contributed by atoms with van der Waals surface area (Å²) in [5.41, 5.74) is 2.75. The summed E-state index contributed by atoms with van der Waals surface area (Å²) >= 11 is 0. The van der Waals surface area contributed by atoms with E-state index < -0.39 is 23.7 Å². The normalized spacial score (nSPS) is 18.8. The Balaban J connectivity index is 1.14. The first-order chi connectivity index (χ1) is 21.3. The van der Waals surface area contributed by atoms with E-state index in [-0.39, 0.29) is 23.1 Å². The molecule has 2 fully saturated rings. The summed E-state index contributed by atoms with van der Waals surface area (Å²) in [6.45, 7) is 4.65. The standard InChI is InChI=1S/C31H33F2N7O4/c1-18-15-19(3-4-20(18)30(42)38-11-13-39(14-12-38)31(43)22-7-8-34-17-24(22)41)37-28-29-36-16-23(40(29)10-9-35-28)21-5-6-25(44-2)27(33)26(21)32/h3-6,9-10,15-16,22,24,34,41H,7-8,11-14,17H2,1-2H3,(H,35,37)/t22-,24-/m1/s1. The minimum absolute atomic E-state index is 0.0285. The molecule has 4 aromatic rings. The van der Waals surface area contributed by atoms with E-state index in [9.17, 15) is 23.5 Å². The number of carbonyl (C=O) groups is 2. The number of ether oxygens (including phenoxy) is 1. The van der Waals surface area contributed by atoms with Gasteiger partial charge in [0.25, 0.3) is 5.91 Å². The van der Waals surface area contributed by atoms with Crippen LogP contribution in [0.25, 0.3) is 16.9 Å². The quantitative estimate of drug-likeness (QED) is 0.307. The predicted octanol–water partition coefficient (Wildman–Crippen LogP) is 2.99. The largest absolute Gasteiger partial charge is 0.494 e. The summed E-state index contributed by atoms with van der Waals surface area (Å²) in [4.78, 5) is 38.6. The molecule has 2 amide bonds. The van der Waals surface area contributed by atoms with Crippen LogP contribution in [-0.4, -0.2) is 93.6 Å². The van der Waals surface area contributed by atoms with E-state index in [1.165, 1.54) is 31.6 Å². The summed E-state index contributed by atoms with van der Waals surface area (Å²) in [5, 5.41) is 16.5. The van der Waals surface area contributed by atoms with Gasteiger partial charge in [-0.25, -0.2) is 14.4 Å². The lowest BCUT2D eigenvalue weighted by atomic mass is 9.93. The molecule has 0 bridgehead atoms. The molecule has 2 aromatic heterocycles. The van der Waals surface area contributed by atoms with Gasteiger partial charge in [0.15, 0.2) is 23.0 Å². The minimum atomic E-state index is -1.08. The topological polar surface area (TPSA) is 124 Å². The zero-order valence-electron chi connectivity index (χ0n) is 24.4. The third-order valence-electron chi connectivity index (χ3n) is 8.34. The van der Waals surface area contributed by atoms with Gasteiger partial charge in [0.05, 0.1) is 31.0 Å². The van der Waals surface area contributed by atoms with Crippen molar-refractivity contribution in [1.29, 1.82) is 0 Å². The molecule has 6 rings (SSSR count). The van der Waals surface area contributed by atoms with E-state index in [0.29, 0.717) is 74.1 Å². The van der Waals surface area contributed by atoms with Crippen molar-refractivity contribution in [2.45, 2.75) is 19.4 Å². The number of amides is 2. The van der Waals surface area contributed by atoms with E-state index >= 15 is 0 Å². The molecule has 2 aliphatic heterocycles. The molecule has 4 heterocycles. The molecule has 0 spiro atoms. The molecule has 0 aliphatic carbocycles. The lowest BCUT2D eigenvalue weighted by Crippen LogP contribution is -2.55. The molecule has 2 atom stereocenters. The molecular formula is C31H33F2N7O4. The van der Waals surface area contributed by atoms with Crippen molar-refractivity contribution in [3.8, 4) is 17.0 Å². The molecule has 2 aliphatic rings. The van der Waals surface area contributed by atoms with Crippen LogP contribution in [-0.2, 0) is 4.79 Å². The first-order valence-corrected chi connectivity index (χ1v) is 14.5. The van der Waals surface area contributed by atoms with Crippen LogP contribution in [0.2, 0.25) is 0 Å². The number of nitrogens with zero attached hydrogens (tertiary/aromatic N) is 5. The minimum Gasteiger partial charge on any atom is -0.494 e. The Labute approximate surface area is 252 Å². The fourth-order valence-electron chi connectivity index (χ4n) is 5.88. The number of aryl methyl sites for hydroxylation is 1. The maximum Gasteiger partial charge on any atom is 0.254 e. The lowest BCUT2D eigenvalue weighted by molar-refractivity contribution is -0.141. The highest BCUT2D eigenvalue weighted by Crippen LogP contribution is 2.32. The Morgan fingerprint density at radius 1 is 1.07 bits per heavy atom. The molecule has 230 valence electrons. The van der Waals surface area contributed by atoms with Gasteiger partial charge in [0, 0.05) is 61.9 Å². The second-order valence-corrected chi connectivity index (χ2v) is 11.0. The first-order valence-electron chi connectivity index (χ1n) is 14.5. The first kappa shape index (κ1) is 29.5. The average molecular weight is 606 g/mol. The van der Waals surface area contributed by atoms with Crippen LogP contribution in [0.4, 0.5) is 20.3 Å². The van der Waals surface area contributed by atoms with Crippen molar-refractivity contribution < 1.29 is 28.2 Å². The number of aromatic nitrogens is 3. The number of anilines is 2. The number of carbonyl (C=O) groups excluding carboxylic acids is 2. The Morgan fingerprint density at radius 3 is 2.57 bits per heavy atom. The molecular weight excluding hydrogens is 572 g/mol. The fourth-order valence-corrected chi connectivity index (χ4v) is 5.88. The van der Waals surface area contributed by atoms with Gasteiger partial charge in [0.1, 0.15) is 0 Å². The number of halogens is 2. The van der Waals surface area contributed by atoms with Gasteiger partial charge in [-0.05, 0) is 55.8 Å². The Bertz CT molecular complexity index is 1720. The maximum absolute atomic E-state index is 14.8. The van der Waals surface area contributed by atoms with Gasteiger partial charge in [-0.1, -0.05) is 0 Å². The number of benzene rings is 2. The lowest BCUT2D eigenvalue weighted by Gasteiger charge is -2.38. The summed E-state index contributed by atoms with van der Waals surface area (Å²) < 4.78 is 35.7. The second-order valence-electron chi connectivity index (χ2n) is 11.0. The van der Waals surface area contributed by atoms with Gasteiger partial charge in [-0.2, -0.15) is 4.39 Å². The van der Waals surface area contributed by atoms with Crippen molar-refractivity contribution >= 4 is 29.0 Å². The van der Waals surface area contributed by atoms with Crippen LogP contribution in [0.3, 0.4) is 0 Å². The van der Waals surface area contributed by atoms with Crippen LogP contribution in [0, 0.1) is 24.5 Å². The van der Waals surface area contributed by atoms with Gasteiger partial charge < -0.3 is 30.3 Å². The van der Waals surface area contributed by atoms with Gasteiger partial charge in [-0.3, -0.25) is 14.0 Å². The molecule has 0 radical (unpaired) electrons. The average Bonchev–Trinajstić information content (AvgIpc) is 3.47. The highest BCUT2D eigenvalue weighted by molar-refractivity contribution is 5.96. The summed E-state index contributed by atoms with van der Waals surface area (Å²) in [6.07, 6.45) is 4.50. The Kier molecular flexibility index (Phi) is 8.15. The van der Waals surface area contributed by atoms with Crippen LogP contribution >= 0.6 is 0 Å². The van der Waals surface area contributed by atoms with Gasteiger partial charge in [-0.15, -0.1) is 0 Å². The monoisotopic (exact) mass is 605 g/mol. The molecule has 3 N–H and O–H groups in total. The number of rotatable bonds is 6. The van der Waals surface area contributed by atoms with E-state index in [1.807, 2.05) is 13.0 Å². The Morgan fingerprint density at radius 2 is 1.84 bits per heavy atom. The van der Waals surface area contributed by atoms with Crippen LogP contribution in [0.1, 0.15) is 22.3 Å². The molecule has 0 saturated carbocycles. The molecule has 0 unspecified atom stereocenters. The van der Waals surface area contributed by atoms with E-state index in [2.05, 4.69) is 20.6 Å². The van der Waals surface area contributed by atoms with Crippen molar-refractivity contribution in [3.05, 3.63) is 71.7 Å². The number of nitrogens with one attached hydrogen (secondary N) is 2. The number of hydrogen-bond donors (Lipinski definition) is 3. The fraction of sp³-hybridized carbons (Fsp3) is 0.355. The molecule has 11 nitrogen and oxygen atoms in total. The highest BCUT2D eigenvalue weighted by Gasteiger charge is 2.34. The molecule has 13 heteroatoms. The number of imidazole rings is 1. The second kappa shape index (κ2) is 12.2. The summed E-state index contributed by atoms with van der Waals surface area (Å²) in [6, 6.07) is 8.14. The number of piperidine rings is 1. The van der Waals surface area contributed by atoms with Gasteiger partial charge in [0.2, 0.25) is 11.7 Å². The third-order valence-corrected chi connectivity index (χ3v) is 8.34. The smallest absolute Gasteiger partial charge is 0.254 e. The predicted molar refractivity (Wildman–Crippen MR) is 159 cm³/mol. The van der Waals surface area contributed by atoms with Crippen LogP contribution in [0.15, 0.2) is 48.9 Å². The van der Waals surface area contributed by atoms with E-state index in [1.54, 1.807) is 32.5 Å². The third kappa shape index (κ3) is 5.44. The zero-order chi connectivity index (χ0) is 31.0. The SMILES string of the molecule is COc1ccc(-c2cnc3c(Nc4ccc(C(=O)N5CCN(C(=O)[C@@H]6CCNC[C@H]6O)CC5)c(C)c4)nccn23)c(F)c1F. The van der Waals surface area contributed by atoms with Crippen LogP contribution in [0.5, 0.6) is 5.75 Å². The number of piperazine rings is 1. The molecule has 44 heavy (non-hydrogen) atoms. The molecule has 2 aromatic carbocycles. The number of fused-ring (bicyclic) bond motifs is 1. The van der Waals surface area contributed by atoms with E-state index in [4.69, 9.17) is 4.74 Å². The van der Waals surface area contributed by atoms with Crippen LogP contribution < -0.4 is 15.4 Å². The van der Waals surface area contributed by atoms with E-state index in [0.717, 1.165) is 5.56 Å². The number of β-amino-alcohol motifs (C(OH)–C–C–N with tert-alkyl or cyclic N) is 1. The number of methoxy groups -OCH3 is 1. The summed E-state index contributed by atoms with van der Waals surface area (Å²) in [7, 11) is 1.27. The number of hydrogen-bond acceptors (Lipinski definition) is 8. The van der Waals surface area contributed by atoms with Crippen molar-refractivity contribution in [2.24, 2.45) is 5.92 Å². The van der Waals surface area contributed by atoms with Crippen molar-refractivity contribution in [3.63, 3.8) is 0 Å². The zero-order valence-corrected chi connectivity index (χ0v) is 24.4. The number of aliphatic hydroxyl groups excluding tert-OH is 1. The summed E-state index contributed by atoms with van der Waals surface area (Å²) in [5.74, 6) is -2.48. The number of aliphatic hydroxyl groups is 1. The van der Waals surface area contributed by atoms with Crippen molar-refractivity contribution in [1.82, 2.24) is 29.5 Å².